The first kappa shape index (κ1) is 30.6. The van der Waals surface area contributed by atoms with Gasteiger partial charge in [0.25, 0.3) is 0 Å². The largest absolute Gasteiger partial charge is 0.460 e. The fourth-order valence-electron chi connectivity index (χ4n) is 1.63. The van der Waals surface area contributed by atoms with E-state index in [1.807, 2.05) is 0 Å². The smallest absolute Gasteiger partial charge is 0.368 e. The van der Waals surface area contributed by atoms with Crippen molar-refractivity contribution in [1.29, 1.82) is 0 Å². The van der Waals surface area contributed by atoms with Gasteiger partial charge in [-0.15, -0.1) is 0 Å². The van der Waals surface area contributed by atoms with E-state index < -0.39 is 60.0 Å². The summed E-state index contributed by atoms with van der Waals surface area (Å²) in [7, 11) is 0. The van der Waals surface area contributed by atoms with Crippen molar-refractivity contribution in [1.82, 2.24) is 0 Å². The van der Waals surface area contributed by atoms with Gasteiger partial charge in [0.2, 0.25) is 0 Å². The van der Waals surface area contributed by atoms with Crippen molar-refractivity contribution in [2.45, 2.75) is 67.0 Å². The molecule has 2 nitrogen and oxygen atoms in total. The Hall–Kier alpha value is -1.41. The Morgan fingerprint density at radius 1 is 0.438 bits per heavy atom. The third-order valence-corrected chi connectivity index (χ3v) is 3.41. The molecule has 0 aliphatic heterocycles. The lowest BCUT2D eigenvalue weighted by molar-refractivity contribution is -0.486. The lowest BCUT2D eigenvalue weighted by Crippen LogP contribution is -2.76. The summed E-state index contributed by atoms with van der Waals surface area (Å²) in [6.07, 6.45) is -18.4. The molecule has 0 saturated heterocycles. The van der Waals surface area contributed by atoms with Gasteiger partial charge in [-0.1, -0.05) is 0 Å². The molecule has 0 saturated carbocycles. The Balaban J connectivity index is 6.85. The van der Waals surface area contributed by atoms with Gasteiger partial charge < -0.3 is 5.11 Å². The predicted octanol–water partition coefficient (Wildman–Crippen LogP) is 5.94. The van der Waals surface area contributed by atoms with E-state index in [0.29, 0.717) is 0 Å². The summed E-state index contributed by atoms with van der Waals surface area (Å²) in [4.78, 5) is 0. The lowest BCUT2D eigenvalue weighted by Gasteiger charge is -2.43. The molecule has 0 rings (SSSR count). The Labute approximate surface area is 161 Å². The highest BCUT2D eigenvalue weighted by Gasteiger charge is 2.97. The number of aliphatic hydroxyl groups is 1. The van der Waals surface area contributed by atoms with Gasteiger partial charge in [0.05, 0.1) is 0 Å². The molecule has 0 spiro atoms. The van der Waals surface area contributed by atoms with Crippen molar-refractivity contribution >= 4 is 0 Å². The molecule has 0 heterocycles. The average molecular weight is 530 g/mol. The highest BCUT2D eigenvalue weighted by Crippen LogP contribution is 2.65. The highest BCUT2D eigenvalue weighted by molar-refractivity contribution is 5.16. The summed E-state index contributed by atoms with van der Waals surface area (Å²) in [6.45, 7) is -0.0944. The molecule has 0 fully saturated rings. The molecule has 32 heavy (non-hydrogen) atoms. The summed E-state index contributed by atoms with van der Waals surface area (Å²) in [5.41, 5.74) is 0. The lowest BCUT2D eigenvalue weighted by atomic mass is 9.88. The Morgan fingerprint density at radius 2 is 0.656 bits per heavy atom. The van der Waals surface area contributed by atoms with Crippen molar-refractivity contribution in [2.75, 3.05) is 0 Å². The molecule has 0 amide bonds. The molecule has 194 valence electrons. The van der Waals surface area contributed by atoms with Gasteiger partial charge >= 0.3 is 53.7 Å². The quantitative estimate of drug-likeness (QED) is 0.296. The van der Waals surface area contributed by atoms with Crippen LogP contribution >= 0.6 is 0 Å². The SMILES string of the molecule is CC(O)OC(F)(F)C(F)(F)C(F)(F)C(F)(F)C(F)(F)C(F)(F)C(F)(F)C(F)(F)C(F)(F)F. The van der Waals surface area contributed by atoms with Crippen molar-refractivity contribution in [3.63, 3.8) is 0 Å². The van der Waals surface area contributed by atoms with Crippen molar-refractivity contribution in [3.05, 3.63) is 0 Å². The zero-order valence-electron chi connectivity index (χ0n) is 14.1. The monoisotopic (exact) mass is 530 g/mol. The molecule has 0 aromatic rings. The topological polar surface area (TPSA) is 29.5 Å². The van der Waals surface area contributed by atoms with E-state index >= 15 is 0 Å². The minimum absolute atomic E-state index is 0.0944. The van der Waals surface area contributed by atoms with Gasteiger partial charge in [-0.05, 0) is 6.92 Å². The first-order chi connectivity index (χ1) is 13.4. The van der Waals surface area contributed by atoms with Gasteiger partial charge in [-0.2, -0.15) is 83.4 Å². The van der Waals surface area contributed by atoms with E-state index in [1.54, 1.807) is 0 Å². The number of rotatable bonds is 9. The predicted molar refractivity (Wildman–Crippen MR) is 58.4 cm³/mol. The van der Waals surface area contributed by atoms with Crippen molar-refractivity contribution in [3.8, 4) is 0 Å². The number of aliphatic hydroxyl groups excluding tert-OH is 1. The minimum Gasteiger partial charge on any atom is -0.368 e. The van der Waals surface area contributed by atoms with E-state index in [-0.39, 0.29) is 6.92 Å². The number of alkyl halides is 19. The van der Waals surface area contributed by atoms with Crippen molar-refractivity contribution in [2.24, 2.45) is 0 Å². The Bertz CT molecular complexity index is 675. The summed E-state index contributed by atoms with van der Waals surface area (Å²) < 4.78 is 247. The van der Waals surface area contributed by atoms with Crippen molar-refractivity contribution < 1.29 is 93.3 Å². The molecule has 21 heteroatoms. The second-order valence-corrected chi connectivity index (χ2v) is 5.75. The van der Waals surface area contributed by atoms with Gasteiger partial charge in [-0.25, -0.2) is 0 Å². The first-order valence-electron chi connectivity index (χ1n) is 6.87. The second kappa shape index (κ2) is 7.55. The minimum atomic E-state index is -8.98. The molecular weight excluding hydrogens is 525 g/mol. The zero-order valence-corrected chi connectivity index (χ0v) is 14.1. The van der Waals surface area contributed by atoms with Gasteiger partial charge in [-0.3, -0.25) is 4.74 Å². The molecular formula is C11H5F19O2. The maximum absolute atomic E-state index is 13.3. The maximum atomic E-state index is 13.3. The third kappa shape index (κ3) is 3.81. The summed E-state index contributed by atoms with van der Waals surface area (Å²) >= 11 is 0. The third-order valence-electron chi connectivity index (χ3n) is 3.41. The van der Waals surface area contributed by atoms with Gasteiger partial charge in [0.15, 0.2) is 6.29 Å². The Kier molecular flexibility index (Phi) is 7.22. The van der Waals surface area contributed by atoms with Crippen LogP contribution in [-0.4, -0.2) is 65.1 Å². The summed E-state index contributed by atoms with van der Waals surface area (Å²) in [6, 6.07) is 0. The van der Waals surface area contributed by atoms with Crippen LogP contribution in [0.15, 0.2) is 0 Å². The van der Waals surface area contributed by atoms with E-state index in [1.165, 1.54) is 0 Å². The molecule has 0 aliphatic rings. The molecule has 0 aromatic heterocycles. The molecule has 0 aliphatic carbocycles. The fraction of sp³-hybridized carbons (Fsp3) is 1.00. The van der Waals surface area contributed by atoms with Crippen LogP contribution in [0.25, 0.3) is 0 Å². The fourth-order valence-corrected chi connectivity index (χ4v) is 1.63. The Morgan fingerprint density at radius 3 is 0.875 bits per heavy atom. The normalized spacial score (nSPS) is 17.5. The highest BCUT2D eigenvalue weighted by atomic mass is 19.4. The van der Waals surface area contributed by atoms with Crippen LogP contribution in [0.1, 0.15) is 6.92 Å². The molecule has 0 radical (unpaired) electrons. The number of hydrogen-bond donors (Lipinski definition) is 1. The molecule has 1 unspecified atom stereocenters. The van der Waals surface area contributed by atoms with Gasteiger partial charge in [0.1, 0.15) is 0 Å². The molecule has 0 bridgehead atoms. The van der Waals surface area contributed by atoms with E-state index in [0.717, 1.165) is 0 Å². The summed E-state index contributed by atoms with van der Waals surface area (Å²) in [5.74, 6) is -60.6. The van der Waals surface area contributed by atoms with Crippen LogP contribution in [0, 0.1) is 0 Å². The van der Waals surface area contributed by atoms with E-state index in [9.17, 15) is 83.4 Å². The van der Waals surface area contributed by atoms with Crippen LogP contribution < -0.4 is 0 Å². The maximum Gasteiger partial charge on any atom is 0.460 e. The number of halogens is 19. The molecule has 1 atom stereocenters. The van der Waals surface area contributed by atoms with E-state index in [4.69, 9.17) is 5.11 Å². The molecule has 1 N–H and O–H groups in total. The van der Waals surface area contributed by atoms with Crippen LogP contribution in [0.4, 0.5) is 83.4 Å². The van der Waals surface area contributed by atoms with Crippen LogP contribution in [-0.2, 0) is 4.74 Å². The van der Waals surface area contributed by atoms with Gasteiger partial charge in [0, 0.05) is 0 Å². The van der Waals surface area contributed by atoms with Crippen LogP contribution in [0.3, 0.4) is 0 Å². The first-order valence-corrected chi connectivity index (χ1v) is 6.87. The average Bonchev–Trinajstić information content (AvgIpc) is 2.51. The van der Waals surface area contributed by atoms with Crippen LogP contribution in [0.5, 0.6) is 0 Å². The van der Waals surface area contributed by atoms with Crippen LogP contribution in [0.2, 0.25) is 0 Å². The standard InChI is InChI=1S/C11H5F19O2/c1-2(31)32-11(29,30)9(24,25)7(20,21)5(16,17)3(12,13)4(14,15)6(18,19)8(22,23)10(26,27)28/h2,31H,1H3. The zero-order chi connectivity index (χ0) is 26.8. The van der Waals surface area contributed by atoms with E-state index in [2.05, 4.69) is 4.74 Å². The number of ether oxygens (including phenoxy) is 1. The number of hydrogen-bond acceptors (Lipinski definition) is 2. The molecule has 0 aromatic carbocycles. The summed E-state index contributed by atoms with van der Waals surface area (Å²) in [5, 5.41) is 8.26. The second-order valence-electron chi connectivity index (χ2n) is 5.75.